The number of halogens is 2. The third-order valence-electron chi connectivity index (χ3n) is 3.94. The van der Waals surface area contributed by atoms with Gasteiger partial charge in [-0.25, -0.2) is 0 Å². The fourth-order valence-electron chi connectivity index (χ4n) is 2.83. The van der Waals surface area contributed by atoms with Crippen LogP contribution in [0, 0.1) is 0 Å². The minimum Gasteiger partial charge on any atom is -0.545 e. The molecule has 0 radical (unpaired) electrons. The van der Waals surface area contributed by atoms with Crippen LogP contribution in [-0.4, -0.2) is 18.5 Å². The Morgan fingerprint density at radius 3 is 2.48 bits per heavy atom. The summed E-state index contributed by atoms with van der Waals surface area (Å²) in [4.78, 5) is 24.8. The Morgan fingerprint density at radius 2 is 1.84 bits per heavy atom. The number of carbonyl (C=O) groups is 2. The number of carbonyl (C=O) groups excluding carboxylic acids is 2. The molecule has 1 aromatic carbocycles. The molecule has 1 aliphatic carbocycles. The number of anilines is 1. The Bertz CT molecular complexity index is 802. The fraction of sp³-hybridized carbons (Fsp3) is 0.294. The third kappa shape index (κ3) is 3.79. The van der Waals surface area contributed by atoms with Crippen LogP contribution in [0.2, 0.25) is 0 Å². The van der Waals surface area contributed by atoms with Gasteiger partial charge in [-0.15, -0.1) is 11.3 Å². The summed E-state index contributed by atoms with van der Waals surface area (Å²) in [7, 11) is 0. The van der Waals surface area contributed by atoms with E-state index in [4.69, 9.17) is 0 Å². The molecule has 132 valence electrons. The van der Waals surface area contributed by atoms with Gasteiger partial charge in [-0.05, 0) is 55.5 Å². The van der Waals surface area contributed by atoms with E-state index >= 15 is 0 Å². The minimum absolute atomic E-state index is 0.0469. The number of ether oxygens (including phenoxy) is 1. The zero-order valence-corrected chi connectivity index (χ0v) is 13.8. The summed E-state index contributed by atoms with van der Waals surface area (Å²) in [5.41, 5.74) is 0.996. The highest BCUT2D eigenvalue weighted by Crippen LogP contribution is 2.38. The summed E-state index contributed by atoms with van der Waals surface area (Å²) in [5.74, 6) is -1.89. The van der Waals surface area contributed by atoms with Crippen molar-refractivity contribution in [1.29, 1.82) is 0 Å². The van der Waals surface area contributed by atoms with Crippen LogP contribution < -0.4 is 15.2 Å². The summed E-state index contributed by atoms with van der Waals surface area (Å²) in [5, 5.41) is 14.3. The summed E-state index contributed by atoms with van der Waals surface area (Å²) in [6.45, 7) is -2.94. The van der Waals surface area contributed by atoms with Crippen molar-refractivity contribution in [3.63, 3.8) is 0 Å². The normalized spacial score (nSPS) is 13.4. The summed E-state index contributed by atoms with van der Waals surface area (Å²) >= 11 is 1.25. The molecule has 1 heterocycles. The Kier molecular flexibility index (Phi) is 4.98. The van der Waals surface area contributed by atoms with Crippen molar-refractivity contribution < 1.29 is 28.2 Å². The van der Waals surface area contributed by atoms with E-state index in [1.54, 1.807) is 0 Å². The van der Waals surface area contributed by atoms with Gasteiger partial charge in [0, 0.05) is 16.0 Å². The molecule has 0 saturated heterocycles. The average Bonchev–Trinajstić information content (AvgIpc) is 2.92. The van der Waals surface area contributed by atoms with E-state index in [2.05, 4.69) is 10.1 Å². The lowest BCUT2D eigenvalue weighted by Crippen LogP contribution is -2.25. The molecule has 0 atom stereocenters. The number of aromatic carboxylic acids is 1. The Morgan fingerprint density at radius 1 is 1.16 bits per heavy atom. The maximum atomic E-state index is 12.3. The van der Waals surface area contributed by atoms with Gasteiger partial charge in [0.05, 0.1) is 5.97 Å². The number of rotatable bonds is 5. The Balaban J connectivity index is 1.81. The first kappa shape index (κ1) is 17.3. The second kappa shape index (κ2) is 7.18. The highest BCUT2D eigenvalue weighted by Gasteiger charge is 2.22. The van der Waals surface area contributed by atoms with Crippen molar-refractivity contribution in [2.45, 2.75) is 32.3 Å². The van der Waals surface area contributed by atoms with Gasteiger partial charge in [-0.3, -0.25) is 4.79 Å². The van der Waals surface area contributed by atoms with Crippen molar-refractivity contribution >= 4 is 28.2 Å². The van der Waals surface area contributed by atoms with Crippen LogP contribution in [0.3, 0.4) is 0 Å². The van der Waals surface area contributed by atoms with E-state index < -0.39 is 18.5 Å². The minimum atomic E-state index is -2.94. The number of benzene rings is 1. The molecule has 0 spiro atoms. The summed E-state index contributed by atoms with van der Waals surface area (Å²) in [6.07, 6.45) is 3.34. The first-order valence-electron chi connectivity index (χ1n) is 7.68. The topological polar surface area (TPSA) is 78.5 Å². The number of carboxylic acids is 1. The largest absolute Gasteiger partial charge is 0.545 e. The first-order chi connectivity index (χ1) is 12.0. The molecule has 1 aliphatic rings. The van der Waals surface area contributed by atoms with Gasteiger partial charge in [-0.1, -0.05) is 0 Å². The van der Waals surface area contributed by atoms with Crippen molar-refractivity contribution in [3.05, 3.63) is 45.8 Å². The molecule has 0 saturated carbocycles. The van der Waals surface area contributed by atoms with Gasteiger partial charge in [-0.2, -0.15) is 8.78 Å². The van der Waals surface area contributed by atoms with Crippen LogP contribution in [-0.2, 0) is 12.8 Å². The zero-order chi connectivity index (χ0) is 18.0. The van der Waals surface area contributed by atoms with Crippen LogP contribution in [0.25, 0.3) is 0 Å². The number of hydrogen-bond acceptors (Lipinski definition) is 5. The van der Waals surface area contributed by atoms with Crippen molar-refractivity contribution in [3.8, 4) is 5.75 Å². The molecule has 0 unspecified atom stereocenters. The van der Waals surface area contributed by atoms with E-state index in [0.717, 1.165) is 29.7 Å². The van der Waals surface area contributed by atoms with Gasteiger partial charge in [0.1, 0.15) is 10.8 Å². The predicted molar refractivity (Wildman–Crippen MR) is 86.3 cm³/mol. The van der Waals surface area contributed by atoms with Crippen LogP contribution in [0.1, 0.15) is 44.0 Å². The van der Waals surface area contributed by atoms with Gasteiger partial charge in [0.25, 0.3) is 5.91 Å². The first-order valence-corrected chi connectivity index (χ1v) is 8.49. The van der Waals surface area contributed by atoms with Gasteiger partial charge in [0.2, 0.25) is 0 Å². The van der Waals surface area contributed by atoms with E-state index in [1.807, 2.05) is 0 Å². The van der Waals surface area contributed by atoms with E-state index in [-0.39, 0.29) is 21.9 Å². The molecule has 25 heavy (non-hydrogen) atoms. The molecular formula is C17H14F2NO4S-. The number of aryl methyl sites for hydroxylation is 1. The lowest BCUT2D eigenvalue weighted by atomic mass is 9.95. The molecular weight excluding hydrogens is 352 g/mol. The number of alkyl halides is 2. The molecule has 5 nitrogen and oxygen atoms in total. The summed E-state index contributed by atoms with van der Waals surface area (Å²) < 4.78 is 28.5. The van der Waals surface area contributed by atoms with E-state index in [9.17, 15) is 23.5 Å². The molecule has 1 aromatic heterocycles. The fourth-order valence-corrected chi connectivity index (χ4v) is 4.11. The molecule has 8 heteroatoms. The number of nitrogens with one attached hydrogen (secondary N) is 1. The molecule has 0 fully saturated rings. The number of amides is 1. The van der Waals surface area contributed by atoms with Crippen molar-refractivity contribution in [2.24, 2.45) is 0 Å². The molecule has 1 N–H and O–H groups in total. The van der Waals surface area contributed by atoms with Crippen LogP contribution >= 0.6 is 11.3 Å². The van der Waals surface area contributed by atoms with Gasteiger partial charge < -0.3 is 20.0 Å². The van der Waals surface area contributed by atoms with Gasteiger partial charge in [0.15, 0.2) is 0 Å². The number of thiophene rings is 1. The maximum absolute atomic E-state index is 12.3. The van der Waals surface area contributed by atoms with Crippen molar-refractivity contribution in [1.82, 2.24) is 0 Å². The van der Waals surface area contributed by atoms with Crippen molar-refractivity contribution in [2.75, 3.05) is 5.32 Å². The Hall–Kier alpha value is -2.48. The van der Waals surface area contributed by atoms with Crippen LogP contribution in [0.15, 0.2) is 24.3 Å². The molecule has 2 aromatic rings. The number of hydrogen-bond donors (Lipinski definition) is 1. The number of carboxylic acid groups (broad SMARTS) is 1. The second-order valence-electron chi connectivity index (χ2n) is 5.56. The highest BCUT2D eigenvalue weighted by atomic mass is 32.1. The lowest BCUT2D eigenvalue weighted by Gasteiger charge is -2.13. The van der Waals surface area contributed by atoms with Gasteiger partial charge >= 0.3 is 6.61 Å². The highest BCUT2D eigenvalue weighted by molar-refractivity contribution is 7.17. The maximum Gasteiger partial charge on any atom is 0.387 e. The van der Waals surface area contributed by atoms with E-state index in [0.29, 0.717) is 6.42 Å². The lowest BCUT2D eigenvalue weighted by molar-refractivity contribution is -0.254. The SMILES string of the molecule is O=C(Nc1sc2c(c1C(=O)[O-])CCCC2)c1ccc(OC(F)F)cc1. The zero-order valence-electron chi connectivity index (χ0n) is 13.0. The second-order valence-corrected chi connectivity index (χ2v) is 6.66. The average molecular weight is 366 g/mol. The molecule has 0 aliphatic heterocycles. The summed E-state index contributed by atoms with van der Waals surface area (Å²) in [6, 6.07) is 5.17. The third-order valence-corrected chi connectivity index (χ3v) is 5.15. The smallest absolute Gasteiger partial charge is 0.387 e. The van der Waals surface area contributed by atoms with E-state index in [1.165, 1.54) is 35.6 Å². The van der Waals surface area contributed by atoms with Crippen LogP contribution in [0.4, 0.5) is 13.8 Å². The molecule has 3 rings (SSSR count). The monoisotopic (exact) mass is 366 g/mol. The Labute approximate surface area is 146 Å². The standard InChI is InChI=1S/C17H15F2NO4S/c18-17(19)24-10-7-5-9(6-8-10)14(21)20-15-13(16(22)23)11-3-1-2-4-12(11)25-15/h5-8,17H,1-4H2,(H,20,21)(H,22,23)/p-1. The quantitative estimate of drug-likeness (QED) is 0.883. The number of fused-ring (bicyclic) bond motifs is 1. The molecule has 0 bridgehead atoms. The van der Waals surface area contributed by atoms with Crippen LogP contribution in [0.5, 0.6) is 5.75 Å². The predicted octanol–water partition coefficient (Wildman–Crippen LogP) is 2.84. The molecule has 1 amide bonds.